The Morgan fingerprint density at radius 2 is 2.22 bits per heavy atom. The van der Waals surface area contributed by atoms with Crippen molar-refractivity contribution in [1.29, 1.82) is 0 Å². The summed E-state index contributed by atoms with van der Waals surface area (Å²) in [5.74, 6) is 0.373. The summed E-state index contributed by atoms with van der Waals surface area (Å²) in [5, 5.41) is 7.12. The van der Waals surface area contributed by atoms with Gasteiger partial charge in [-0.25, -0.2) is 4.39 Å². The van der Waals surface area contributed by atoms with E-state index >= 15 is 0 Å². The second-order valence-corrected chi connectivity index (χ2v) is 6.18. The Morgan fingerprint density at radius 1 is 1.39 bits per heavy atom. The van der Waals surface area contributed by atoms with Crippen LogP contribution >= 0.6 is 11.6 Å². The van der Waals surface area contributed by atoms with Crippen molar-refractivity contribution >= 4 is 23.0 Å². The van der Waals surface area contributed by atoms with Gasteiger partial charge in [0.15, 0.2) is 0 Å². The van der Waals surface area contributed by atoms with Crippen LogP contribution < -0.4 is 10.6 Å². The molecular weight excluding hydrogens is 251 g/mol. The van der Waals surface area contributed by atoms with Gasteiger partial charge in [0, 0.05) is 12.6 Å². The van der Waals surface area contributed by atoms with Crippen molar-refractivity contribution in [3.05, 3.63) is 23.0 Å². The zero-order valence-corrected chi connectivity index (χ0v) is 11.3. The van der Waals surface area contributed by atoms with Crippen molar-refractivity contribution in [1.82, 2.24) is 0 Å². The topological polar surface area (TPSA) is 24.1 Å². The summed E-state index contributed by atoms with van der Waals surface area (Å²) in [7, 11) is 0. The molecule has 1 aliphatic carbocycles. The number of hydrogen-bond donors (Lipinski definition) is 2. The van der Waals surface area contributed by atoms with Crippen molar-refractivity contribution in [2.45, 2.75) is 38.1 Å². The minimum atomic E-state index is -0.356. The number of halogens is 2. The van der Waals surface area contributed by atoms with E-state index in [0.29, 0.717) is 0 Å². The fourth-order valence-electron chi connectivity index (χ4n) is 3.32. The van der Waals surface area contributed by atoms with Crippen LogP contribution in [0.4, 0.5) is 15.8 Å². The van der Waals surface area contributed by atoms with Crippen LogP contribution in [-0.2, 0) is 0 Å². The van der Waals surface area contributed by atoms with Crippen LogP contribution in [0.15, 0.2) is 12.1 Å². The lowest BCUT2D eigenvalue weighted by Crippen LogP contribution is -2.50. The molecule has 1 aliphatic heterocycles. The maximum atomic E-state index is 13.5. The number of rotatable bonds is 0. The van der Waals surface area contributed by atoms with Gasteiger partial charge in [0.1, 0.15) is 5.82 Å². The van der Waals surface area contributed by atoms with Gasteiger partial charge in [0.05, 0.1) is 21.9 Å². The monoisotopic (exact) mass is 268 g/mol. The maximum Gasteiger partial charge on any atom is 0.143 e. The van der Waals surface area contributed by atoms with Crippen LogP contribution in [0.2, 0.25) is 5.02 Å². The standard InChI is InChI=1S/C14H18ClFN2/c1-9-3-2-4-14(7-9)8-17-12-5-10(15)11(16)6-13(12)18-14/h5-6,9,17-18H,2-4,7-8H2,1H3. The molecule has 4 heteroatoms. The lowest BCUT2D eigenvalue weighted by Gasteiger charge is -2.45. The molecule has 1 heterocycles. The van der Waals surface area contributed by atoms with Crippen LogP contribution in [0, 0.1) is 11.7 Å². The van der Waals surface area contributed by atoms with Gasteiger partial charge < -0.3 is 10.6 Å². The van der Waals surface area contributed by atoms with Crippen LogP contribution in [-0.4, -0.2) is 12.1 Å². The lowest BCUT2D eigenvalue weighted by atomic mass is 9.75. The smallest absolute Gasteiger partial charge is 0.143 e. The van der Waals surface area contributed by atoms with Gasteiger partial charge in [0.2, 0.25) is 0 Å². The van der Waals surface area contributed by atoms with Gasteiger partial charge in [0.25, 0.3) is 0 Å². The molecule has 2 N–H and O–H groups in total. The van der Waals surface area contributed by atoms with Crippen molar-refractivity contribution in [3.63, 3.8) is 0 Å². The van der Waals surface area contributed by atoms with Gasteiger partial charge in [-0.1, -0.05) is 31.4 Å². The number of nitrogens with one attached hydrogen (secondary N) is 2. The average molecular weight is 269 g/mol. The molecule has 1 saturated carbocycles. The molecule has 2 unspecified atom stereocenters. The summed E-state index contributed by atoms with van der Waals surface area (Å²) < 4.78 is 13.5. The van der Waals surface area contributed by atoms with E-state index in [-0.39, 0.29) is 16.4 Å². The SMILES string of the molecule is CC1CCCC2(CNc3cc(Cl)c(F)cc3N2)C1. The quantitative estimate of drug-likeness (QED) is 0.734. The highest BCUT2D eigenvalue weighted by atomic mass is 35.5. The Kier molecular flexibility index (Phi) is 2.89. The van der Waals surface area contributed by atoms with Gasteiger partial charge in [-0.05, 0) is 24.8 Å². The van der Waals surface area contributed by atoms with E-state index in [0.717, 1.165) is 36.7 Å². The predicted octanol–water partition coefficient (Wildman–Crippen LogP) is 4.27. The third-order valence-electron chi connectivity index (χ3n) is 4.17. The zero-order valence-electron chi connectivity index (χ0n) is 10.5. The molecule has 1 aromatic rings. The molecule has 0 aromatic heterocycles. The first-order valence-electron chi connectivity index (χ1n) is 6.59. The van der Waals surface area contributed by atoms with Crippen LogP contribution in [0.5, 0.6) is 0 Å². The molecule has 0 radical (unpaired) electrons. The number of anilines is 2. The Bertz CT molecular complexity index is 477. The third kappa shape index (κ3) is 2.05. The number of benzene rings is 1. The molecule has 98 valence electrons. The first-order valence-corrected chi connectivity index (χ1v) is 6.97. The summed E-state index contributed by atoms with van der Waals surface area (Å²) in [5.41, 5.74) is 1.84. The van der Waals surface area contributed by atoms with Crippen molar-refractivity contribution < 1.29 is 4.39 Å². The zero-order chi connectivity index (χ0) is 12.8. The molecule has 2 atom stereocenters. The van der Waals surface area contributed by atoms with E-state index in [1.807, 2.05) is 0 Å². The number of fused-ring (bicyclic) bond motifs is 1. The predicted molar refractivity (Wildman–Crippen MR) is 73.9 cm³/mol. The van der Waals surface area contributed by atoms with Gasteiger partial charge in [-0.2, -0.15) is 0 Å². The lowest BCUT2D eigenvalue weighted by molar-refractivity contribution is 0.266. The summed E-state index contributed by atoms with van der Waals surface area (Å²) in [6.07, 6.45) is 4.82. The highest BCUT2D eigenvalue weighted by molar-refractivity contribution is 6.31. The van der Waals surface area contributed by atoms with E-state index < -0.39 is 0 Å². The summed E-state index contributed by atoms with van der Waals surface area (Å²) in [6.45, 7) is 3.19. The summed E-state index contributed by atoms with van der Waals surface area (Å²) in [6, 6.07) is 3.17. The largest absolute Gasteiger partial charge is 0.381 e. The fraction of sp³-hybridized carbons (Fsp3) is 0.571. The molecular formula is C14H18ClFN2. The van der Waals surface area contributed by atoms with Gasteiger partial charge in [-0.15, -0.1) is 0 Å². The Balaban J connectivity index is 1.90. The minimum absolute atomic E-state index is 0.0882. The van der Waals surface area contributed by atoms with Gasteiger partial charge in [-0.3, -0.25) is 0 Å². The fourth-order valence-corrected chi connectivity index (χ4v) is 3.49. The first kappa shape index (κ1) is 12.1. The average Bonchev–Trinajstić information content (AvgIpc) is 2.31. The molecule has 0 saturated heterocycles. The van der Waals surface area contributed by atoms with E-state index in [1.54, 1.807) is 6.07 Å². The summed E-state index contributed by atoms with van der Waals surface area (Å²) >= 11 is 5.80. The van der Waals surface area contributed by atoms with E-state index in [1.165, 1.54) is 18.9 Å². The maximum absolute atomic E-state index is 13.5. The molecule has 2 aliphatic rings. The molecule has 1 aromatic carbocycles. The second kappa shape index (κ2) is 4.30. The highest BCUT2D eigenvalue weighted by Crippen LogP contribution is 2.41. The summed E-state index contributed by atoms with van der Waals surface area (Å²) in [4.78, 5) is 0. The Labute approximate surface area is 112 Å². The molecule has 0 amide bonds. The number of hydrogen-bond acceptors (Lipinski definition) is 2. The van der Waals surface area contributed by atoms with Crippen LogP contribution in [0.3, 0.4) is 0 Å². The van der Waals surface area contributed by atoms with Crippen LogP contribution in [0.1, 0.15) is 32.6 Å². The van der Waals surface area contributed by atoms with Crippen LogP contribution in [0.25, 0.3) is 0 Å². The van der Waals surface area contributed by atoms with E-state index in [9.17, 15) is 4.39 Å². The molecule has 3 rings (SSSR count). The van der Waals surface area contributed by atoms with Crippen molar-refractivity contribution in [2.24, 2.45) is 5.92 Å². The Hall–Kier alpha value is -0.960. The molecule has 1 fully saturated rings. The first-order chi connectivity index (χ1) is 8.58. The second-order valence-electron chi connectivity index (χ2n) is 5.77. The molecule has 2 nitrogen and oxygen atoms in total. The highest BCUT2D eigenvalue weighted by Gasteiger charge is 2.37. The van der Waals surface area contributed by atoms with E-state index in [4.69, 9.17) is 11.6 Å². The normalized spacial score (nSPS) is 30.5. The molecule has 0 bridgehead atoms. The molecule has 1 spiro atoms. The van der Waals surface area contributed by atoms with Gasteiger partial charge >= 0.3 is 0 Å². The Morgan fingerprint density at radius 3 is 3.00 bits per heavy atom. The van der Waals surface area contributed by atoms with E-state index in [2.05, 4.69) is 17.6 Å². The van der Waals surface area contributed by atoms with Crippen molar-refractivity contribution in [2.75, 3.05) is 17.2 Å². The van der Waals surface area contributed by atoms with Crippen molar-refractivity contribution in [3.8, 4) is 0 Å². The third-order valence-corrected chi connectivity index (χ3v) is 4.46. The molecule has 18 heavy (non-hydrogen) atoms. The minimum Gasteiger partial charge on any atom is -0.381 e.